The van der Waals surface area contributed by atoms with Crippen LogP contribution in [0.25, 0.3) is 109 Å². The van der Waals surface area contributed by atoms with Gasteiger partial charge in [-0.1, -0.05) is 134 Å². The highest BCUT2D eigenvalue weighted by atomic mass is 32.1. The number of rotatable bonds is 7. The van der Waals surface area contributed by atoms with Crippen LogP contribution in [0.2, 0.25) is 0 Å². The maximum absolute atomic E-state index is 6.72. The van der Waals surface area contributed by atoms with E-state index >= 15 is 0 Å². The summed E-state index contributed by atoms with van der Waals surface area (Å²) in [7, 11) is 0. The van der Waals surface area contributed by atoms with E-state index in [1.807, 2.05) is 73.7 Å². The molecule has 0 saturated heterocycles. The SMILES string of the molecule is C=C(/C=C\C=C/C)c1cccc(-n2c3ccccc3c3cc4c(cc32)oc2cccc(-c3nc(-c5ccccc5)nc(-c5ccc6c(c5)sc5ccccc56)n3)c24)c1. The van der Waals surface area contributed by atoms with Gasteiger partial charge in [-0.05, 0) is 60.5 Å². The highest BCUT2D eigenvalue weighted by Crippen LogP contribution is 2.42. The number of hydrogen-bond donors (Lipinski definition) is 0. The van der Waals surface area contributed by atoms with Crippen LogP contribution in [-0.4, -0.2) is 19.5 Å². The molecule has 7 aromatic carbocycles. The molecular weight excluding hydrogens is 729 g/mol. The van der Waals surface area contributed by atoms with E-state index in [-0.39, 0.29) is 0 Å². The zero-order valence-electron chi connectivity index (χ0n) is 31.6. The first-order valence-corrected chi connectivity index (χ1v) is 20.1. The largest absolute Gasteiger partial charge is 0.456 e. The Kier molecular flexibility index (Phi) is 7.98. The number of aromatic nitrogens is 4. The third-order valence-electron chi connectivity index (χ3n) is 10.9. The Hall–Kier alpha value is -7.41. The molecule has 0 fully saturated rings. The van der Waals surface area contributed by atoms with Crippen molar-refractivity contribution >= 4 is 80.8 Å². The highest BCUT2D eigenvalue weighted by molar-refractivity contribution is 7.25. The van der Waals surface area contributed by atoms with Crippen molar-refractivity contribution in [2.24, 2.45) is 0 Å². The molecule has 0 aliphatic heterocycles. The van der Waals surface area contributed by atoms with Crippen LogP contribution >= 0.6 is 11.3 Å². The lowest BCUT2D eigenvalue weighted by atomic mass is 10.0. The number of thiophene rings is 1. The molecule has 0 aliphatic rings. The lowest BCUT2D eigenvalue weighted by Crippen LogP contribution is -2.00. The van der Waals surface area contributed by atoms with Crippen molar-refractivity contribution in [1.82, 2.24) is 19.5 Å². The third-order valence-corrected chi connectivity index (χ3v) is 12.0. The summed E-state index contributed by atoms with van der Waals surface area (Å²) in [5.74, 6) is 1.84. The van der Waals surface area contributed by atoms with Crippen molar-refractivity contribution in [1.29, 1.82) is 0 Å². The molecule has 4 aromatic heterocycles. The molecule has 6 heteroatoms. The van der Waals surface area contributed by atoms with Gasteiger partial charge in [-0.25, -0.2) is 15.0 Å². The van der Waals surface area contributed by atoms with E-state index in [0.29, 0.717) is 17.5 Å². The summed E-state index contributed by atoms with van der Waals surface area (Å²) in [6.07, 6.45) is 8.09. The third kappa shape index (κ3) is 5.57. The average molecular weight is 763 g/mol. The number of para-hydroxylation sites is 1. The summed E-state index contributed by atoms with van der Waals surface area (Å²) in [5, 5.41) is 6.77. The van der Waals surface area contributed by atoms with Gasteiger partial charge in [0.2, 0.25) is 0 Å². The average Bonchev–Trinajstić information content (AvgIpc) is 3.94. The number of hydrogen-bond acceptors (Lipinski definition) is 5. The van der Waals surface area contributed by atoms with Crippen LogP contribution in [0.4, 0.5) is 0 Å². The van der Waals surface area contributed by atoms with Crippen molar-refractivity contribution in [3.63, 3.8) is 0 Å². The molecule has 0 atom stereocenters. The van der Waals surface area contributed by atoms with Crippen LogP contribution in [0.1, 0.15) is 12.5 Å². The van der Waals surface area contributed by atoms with Gasteiger partial charge in [-0.2, -0.15) is 0 Å². The van der Waals surface area contributed by atoms with Crippen molar-refractivity contribution in [2.45, 2.75) is 6.92 Å². The Bertz CT molecular complexity index is 3490. The quantitative estimate of drug-likeness (QED) is 0.152. The Morgan fingerprint density at radius 2 is 1.33 bits per heavy atom. The number of fused-ring (bicyclic) bond motifs is 9. The van der Waals surface area contributed by atoms with Crippen molar-refractivity contribution in [2.75, 3.05) is 0 Å². The van der Waals surface area contributed by atoms with Crippen molar-refractivity contribution < 1.29 is 4.42 Å². The van der Waals surface area contributed by atoms with Gasteiger partial charge in [0.1, 0.15) is 11.2 Å². The predicted octanol–water partition coefficient (Wildman–Crippen LogP) is 14.4. The van der Waals surface area contributed by atoms with Gasteiger partial charge in [0, 0.05) is 70.2 Å². The first kappa shape index (κ1) is 33.9. The Morgan fingerprint density at radius 1 is 0.569 bits per heavy atom. The van der Waals surface area contributed by atoms with E-state index in [1.54, 1.807) is 11.3 Å². The van der Waals surface area contributed by atoms with E-state index in [4.69, 9.17) is 19.4 Å². The zero-order valence-corrected chi connectivity index (χ0v) is 32.4. The number of nitrogens with zero attached hydrogens (tertiary/aromatic N) is 4. The number of allylic oxidation sites excluding steroid dienone is 5. The van der Waals surface area contributed by atoms with E-state index in [0.717, 1.165) is 77.3 Å². The molecule has 0 saturated carbocycles. The van der Waals surface area contributed by atoms with Crippen LogP contribution in [0.15, 0.2) is 187 Å². The fraction of sp³-hybridized carbons (Fsp3) is 0.0192. The number of benzene rings is 7. The van der Waals surface area contributed by atoms with Gasteiger partial charge in [-0.15, -0.1) is 11.3 Å². The Balaban J connectivity index is 1.11. The molecule has 11 aromatic rings. The molecule has 0 aliphatic carbocycles. The lowest BCUT2D eigenvalue weighted by Gasteiger charge is -2.10. The molecule has 0 spiro atoms. The minimum atomic E-state index is 0.594. The first-order valence-electron chi connectivity index (χ1n) is 19.3. The van der Waals surface area contributed by atoms with E-state index in [2.05, 4.69) is 120 Å². The van der Waals surface area contributed by atoms with Gasteiger partial charge in [-0.3, -0.25) is 0 Å². The van der Waals surface area contributed by atoms with Gasteiger partial charge in [0.25, 0.3) is 0 Å². The Labute approximate surface area is 338 Å². The monoisotopic (exact) mass is 762 g/mol. The summed E-state index contributed by atoms with van der Waals surface area (Å²) in [6.45, 7) is 6.36. The van der Waals surface area contributed by atoms with Gasteiger partial charge in [0.15, 0.2) is 17.5 Å². The maximum atomic E-state index is 6.72. The minimum absolute atomic E-state index is 0.594. The van der Waals surface area contributed by atoms with Crippen LogP contribution in [0.3, 0.4) is 0 Å². The maximum Gasteiger partial charge on any atom is 0.164 e. The Morgan fingerprint density at radius 3 is 2.21 bits per heavy atom. The molecule has 0 amide bonds. The molecule has 0 radical (unpaired) electrons. The molecule has 4 heterocycles. The van der Waals surface area contributed by atoms with Gasteiger partial charge < -0.3 is 8.98 Å². The highest BCUT2D eigenvalue weighted by Gasteiger charge is 2.21. The summed E-state index contributed by atoms with van der Waals surface area (Å²) in [5.41, 5.74) is 9.58. The summed E-state index contributed by atoms with van der Waals surface area (Å²) >= 11 is 1.79. The fourth-order valence-electron chi connectivity index (χ4n) is 8.18. The second kappa shape index (κ2) is 13.7. The van der Waals surface area contributed by atoms with E-state index in [9.17, 15) is 0 Å². The molecule has 0 bridgehead atoms. The van der Waals surface area contributed by atoms with Gasteiger partial charge in [0.05, 0.1) is 11.0 Å². The smallest absolute Gasteiger partial charge is 0.164 e. The van der Waals surface area contributed by atoms with E-state index < -0.39 is 0 Å². The molecule has 58 heavy (non-hydrogen) atoms. The topological polar surface area (TPSA) is 56.7 Å². The molecular formula is C52H34N4OS. The van der Waals surface area contributed by atoms with Gasteiger partial charge >= 0.3 is 0 Å². The second-order valence-corrected chi connectivity index (χ2v) is 15.5. The molecule has 0 unspecified atom stereocenters. The number of furan rings is 1. The normalized spacial score (nSPS) is 12.2. The fourth-order valence-corrected chi connectivity index (χ4v) is 9.33. The summed E-state index contributed by atoms with van der Waals surface area (Å²) in [4.78, 5) is 15.4. The van der Waals surface area contributed by atoms with Crippen LogP contribution < -0.4 is 0 Å². The second-order valence-electron chi connectivity index (χ2n) is 14.4. The molecule has 0 N–H and O–H groups in total. The molecule has 5 nitrogen and oxygen atoms in total. The van der Waals surface area contributed by atoms with Crippen molar-refractivity contribution in [3.8, 4) is 39.9 Å². The minimum Gasteiger partial charge on any atom is -0.456 e. The molecule has 11 rings (SSSR count). The summed E-state index contributed by atoms with van der Waals surface area (Å²) in [6, 6.07) is 53.0. The van der Waals surface area contributed by atoms with Crippen molar-refractivity contribution in [3.05, 3.63) is 188 Å². The lowest BCUT2D eigenvalue weighted by molar-refractivity contribution is 0.669. The zero-order chi connectivity index (χ0) is 38.7. The first-order chi connectivity index (χ1) is 28.6. The van der Waals surface area contributed by atoms with Crippen LogP contribution in [0, 0.1) is 0 Å². The van der Waals surface area contributed by atoms with E-state index in [1.165, 1.54) is 20.2 Å². The predicted molar refractivity (Wildman–Crippen MR) is 244 cm³/mol. The summed E-state index contributed by atoms with van der Waals surface area (Å²) < 4.78 is 11.5. The standard InChI is InChI=1S/C52H34N4OS/c1-3-4-6-15-32(2)34-18-13-19-36(28-34)56-43-23-11-9-20-37(43)41-30-42-46(31-44(41)56)57-45-24-14-22-40(49(42)45)52-54-50(33-16-7-5-8-17-33)53-51(55-52)35-26-27-39-38-21-10-12-25-47(38)58-48(39)29-35/h3-31H,2H2,1H3/b4-3-,15-6-. The van der Waals surface area contributed by atoms with Crippen LogP contribution in [-0.2, 0) is 0 Å². The molecule has 274 valence electrons. The van der Waals surface area contributed by atoms with Crippen LogP contribution in [0.5, 0.6) is 0 Å².